The van der Waals surface area contributed by atoms with Crippen molar-refractivity contribution in [2.24, 2.45) is 0 Å². The third-order valence-corrected chi connectivity index (χ3v) is 4.23. The van der Waals surface area contributed by atoms with Crippen LogP contribution >= 0.6 is 0 Å². The second kappa shape index (κ2) is 4.45. The minimum absolute atomic E-state index is 1.12. The van der Waals surface area contributed by atoms with Crippen molar-refractivity contribution >= 4 is 10.9 Å². The molecule has 0 saturated carbocycles. The number of fused-ring (bicyclic) bond motifs is 2. The molecule has 0 unspecified atom stereocenters. The number of hydrogen-bond acceptors (Lipinski definition) is 1. The number of aromatic nitrogens is 1. The molecule has 0 spiro atoms. The van der Waals surface area contributed by atoms with Crippen LogP contribution in [0.15, 0.2) is 48.5 Å². The van der Waals surface area contributed by atoms with E-state index in [0.29, 0.717) is 0 Å². The maximum atomic E-state index is 4.90. The summed E-state index contributed by atoms with van der Waals surface area (Å²) in [4.78, 5) is 4.90. The lowest BCUT2D eigenvalue weighted by atomic mass is 9.94. The Labute approximate surface area is 119 Å². The van der Waals surface area contributed by atoms with Crippen LogP contribution in [0.3, 0.4) is 0 Å². The molecule has 0 aliphatic heterocycles. The van der Waals surface area contributed by atoms with Gasteiger partial charge in [0.25, 0.3) is 0 Å². The zero-order valence-electron chi connectivity index (χ0n) is 11.7. The summed E-state index contributed by atoms with van der Waals surface area (Å²) in [7, 11) is 0. The number of hydrogen-bond donors (Lipinski definition) is 0. The Kier molecular flexibility index (Phi) is 2.59. The Morgan fingerprint density at radius 1 is 0.950 bits per heavy atom. The minimum Gasteiger partial charge on any atom is -0.253 e. The van der Waals surface area contributed by atoms with E-state index in [9.17, 15) is 0 Å². The minimum atomic E-state index is 1.12. The van der Waals surface area contributed by atoms with E-state index in [1.54, 1.807) is 0 Å². The molecular weight excluding hydrogens is 242 g/mol. The van der Waals surface area contributed by atoms with Gasteiger partial charge >= 0.3 is 0 Å². The van der Waals surface area contributed by atoms with Gasteiger partial charge in [0.2, 0.25) is 0 Å². The molecule has 1 aromatic heterocycles. The molecule has 0 fully saturated rings. The summed E-state index contributed by atoms with van der Waals surface area (Å²) in [5.41, 5.74) is 7.92. The van der Waals surface area contributed by atoms with Gasteiger partial charge in [-0.3, -0.25) is 4.98 Å². The maximum absolute atomic E-state index is 4.90. The summed E-state index contributed by atoms with van der Waals surface area (Å²) >= 11 is 0. The quantitative estimate of drug-likeness (QED) is 0.617. The van der Waals surface area contributed by atoms with Crippen LogP contribution in [-0.2, 0) is 12.8 Å². The van der Waals surface area contributed by atoms with Crippen LogP contribution in [0.5, 0.6) is 0 Å². The molecule has 4 rings (SSSR count). The van der Waals surface area contributed by atoms with Gasteiger partial charge < -0.3 is 0 Å². The van der Waals surface area contributed by atoms with Crippen molar-refractivity contribution in [1.29, 1.82) is 0 Å². The van der Waals surface area contributed by atoms with Crippen molar-refractivity contribution in [2.45, 2.75) is 26.2 Å². The molecule has 0 radical (unpaired) electrons. The van der Waals surface area contributed by atoms with Crippen LogP contribution in [0, 0.1) is 6.92 Å². The fraction of sp³-hybridized carbons (Fsp3) is 0.211. The van der Waals surface area contributed by atoms with Crippen LogP contribution < -0.4 is 0 Å². The summed E-state index contributed by atoms with van der Waals surface area (Å²) in [6.07, 6.45) is 3.52. The standard InChI is InChI=1S/C19H17N/c1-13-10-11-16-18(12-13)20-17-9-5-8-15(17)19(16)14-6-3-2-4-7-14/h2-4,6-7,10-12H,5,8-9H2,1H3. The predicted octanol–water partition coefficient (Wildman–Crippen LogP) is 4.70. The number of benzene rings is 2. The smallest absolute Gasteiger partial charge is 0.0714 e. The lowest BCUT2D eigenvalue weighted by Gasteiger charge is -2.13. The van der Waals surface area contributed by atoms with Gasteiger partial charge in [-0.1, -0.05) is 42.5 Å². The molecule has 2 aromatic carbocycles. The first kappa shape index (κ1) is 11.7. The molecule has 1 aliphatic carbocycles. The highest BCUT2D eigenvalue weighted by Crippen LogP contribution is 2.37. The van der Waals surface area contributed by atoms with Crippen molar-refractivity contribution in [2.75, 3.05) is 0 Å². The van der Waals surface area contributed by atoms with Gasteiger partial charge in [-0.15, -0.1) is 0 Å². The van der Waals surface area contributed by atoms with E-state index in [-0.39, 0.29) is 0 Å². The second-order valence-electron chi connectivity index (χ2n) is 5.65. The first-order valence-corrected chi connectivity index (χ1v) is 7.30. The number of rotatable bonds is 1. The van der Waals surface area contributed by atoms with E-state index in [1.165, 1.54) is 39.8 Å². The molecule has 0 atom stereocenters. The van der Waals surface area contributed by atoms with E-state index in [4.69, 9.17) is 4.98 Å². The highest BCUT2D eigenvalue weighted by atomic mass is 14.7. The zero-order chi connectivity index (χ0) is 13.5. The average Bonchev–Trinajstić information content (AvgIpc) is 2.93. The van der Waals surface area contributed by atoms with Gasteiger partial charge in [-0.05, 0) is 54.5 Å². The SMILES string of the molecule is Cc1ccc2c(-c3ccccc3)c3c(nc2c1)CCC3. The number of aryl methyl sites for hydroxylation is 2. The van der Waals surface area contributed by atoms with Gasteiger partial charge in [0.15, 0.2) is 0 Å². The van der Waals surface area contributed by atoms with Crippen LogP contribution in [0.2, 0.25) is 0 Å². The van der Waals surface area contributed by atoms with Crippen LogP contribution in [-0.4, -0.2) is 4.98 Å². The van der Waals surface area contributed by atoms with Crippen LogP contribution in [0.1, 0.15) is 23.2 Å². The maximum Gasteiger partial charge on any atom is 0.0714 e. The predicted molar refractivity (Wildman–Crippen MR) is 83.9 cm³/mol. The fourth-order valence-corrected chi connectivity index (χ4v) is 3.31. The van der Waals surface area contributed by atoms with Crippen LogP contribution in [0.25, 0.3) is 22.0 Å². The summed E-state index contributed by atoms with van der Waals surface area (Å²) in [6, 6.07) is 17.4. The van der Waals surface area contributed by atoms with Gasteiger partial charge in [-0.25, -0.2) is 0 Å². The molecule has 20 heavy (non-hydrogen) atoms. The Morgan fingerprint density at radius 2 is 1.80 bits per heavy atom. The first-order valence-electron chi connectivity index (χ1n) is 7.30. The summed E-state index contributed by atoms with van der Waals surface area (Å²) < 4.78 is 0. The molecule has 3 aromatic rings. The largest absolute Gasteiger partial charge is 0.253 e. The van der Waals surface area contributed by atoms with Crippen molar-refractivity contribution in [3.63, 3.8) is 0 Å². The lowest BCUT2D eigenvalue weighted by Crippen LogP contribution is -1.95. The third kappa shape index (κ3) is 1.74. The van der Waals surface area contributed by atoms with E-state index in [1.807, 2.05) is 0 Å². The molecule has 1 heterocycles. The molecule has 1 aliphatic rings. The van der Waals surface area contributed by atoms with Crippen LogP contribution in [0.4, 0.5) is 0 Å². The first-order chi connectivity index (χ1) is 9.83. The zero-order valence-corrected chi connectivity index (χ0v) is 11.7. The molecule has 0 bridgehead atoms. The van der Waals surface area contributed by atoms with Gasteiger partial charge in [-0.2, -0.15) is 0 Å². The van der Waals surface area contributed by atoms with E-state index >= 15 is 0 Å². The normalized spacial score (nSPS) is 13.7. The van der Waals surface area contributed by atoms with Crippen molar-refractivity contribution in [3.05, 3.63) is 65.4 Å². The molecule has 0 N–H and O–H groups in total. The summed E-state index contributed by atoms with van der Waals surface area (Å²) in [5, 5.41) is 1.29. The lowest BCUT2D eigenvalue weighted by molar-refractivity contribution is 0.901. The van der Waals surface area contributed by atoms with Crippen molar-refractivity contribution in [3.8, 4) is 11.1 Å². The molecule has 98 valence electrons. The van der Waals surface area contributed by atoms with E-state index in [2.05, 4.69) is 55.5 Å². The van der Waals surface area contributed by atoms with E-state index in [0.717, 1.165) is 18.4 Å². The highest BCUT2D eigenvalue weighted by Gasteiger charge is 2.20. The Bertz CT molecular complexity index is 788. The van der Waals surface area contributed by atoms with E-state index < -0.39 is 0 Å². The third-order valence-electron chi connectivity index (χ3n) is 4.23. The Balaban J connectivity index is 2.12. The van der Waals surface area contributed by atoms with Gasteiger partial charge in [0.1, 0.15) is 0 Å². The average molecular weight is 259 g/mol. The highest BCUT2D eigenvalue weighted by molar-refractivity contribution is 5.97. The number of pyridine rings is 1. The Morgan fingerprint density at radius 3 is 2.65 bits per heavy atom. The fourth-order valence-electron chi connectivity index (χ4n) is 3.31. The summed E-state index contributed by atoms with van der Waals surface area (Å²) in [6.45, 7) is 2.14. The molecule has 0 saturated heterocycles. The molecule has 1 heteroatoms. The molecular formula is C19H17N. The topological polar surface area (TPSA) is 12.9 Å². The second-order valence-corrected chi connectivity index (χ2v) is 5.65. The number of nitrogens with zero attached hydrogens (tertiary/aromatic N) is 1. The molecule has 0 amide bonds. The summed E-state index contributed by atoms with van der Waals surface area (Å²) in [5.74, 6) is 0. The Hall–Kier alpha value is -2.15. The molecule has 1 nitrogen and oxygen atoms in total. The van der Waals surface area contributed by atoms with Crippen molar-refractivity contribution in [1.82, 2.24) is 4.98 Å². The monoisotopic (exact) mass is 259 g/mol. The van der Waals surface area contributed by atoms with Crippen molar-refractivity contribution < 1.29 is 0 Å². The van der Waals surface area contributed by atoms with Gasteiger partial charge in [0.05, 0.1) is 5.52 Å². The van der Waals surface area contributed by atoms with Gasteiger partial charge in [0, 0.05) is 11.1 Å².